The smallest absolute Gasteiger partial charge is 0.0723 e. The van der Waals surface area contributed by atoms with Crippen molar-refractivity contribution in [3.05, 3.63) is 23.1 Å². The van der Waals surface area contributed by atoms with E-state index in [0.717, 1.165) is 14.6 Å². The van der Waals surface area contributed by atoms with Gasteiger partial charge in [0.25, 0.3) is 0 Å². The molecule has 2 heterocycles. The fraction of sp³-hybridized carbons (Fsp3) is 0. The highest BCUT2D eigenvalue weighted by Crippen LogP contribution is 2.24. The average molecular weight is 215 g/mol. The van der Waals surface area contributed by atoms with Crippen LogP contribution in [0.2, 0.25) is 0 Å². The van der Waals surface area contributed by atoms with Crippen molar-refractivity contribution in [2.45, 2.75) is 0 Å². The van der Waals surface area contributed by atoms with Gasteiger partial charge < -0.3 is 0 Å². The minimum atomic E-state index is 1.02. The van der Waals surface area contributed by atoms with E-state index in [4.69, 9.17) is 0 Å². The summed E-state index contributed by atoms with van der Waals surface area (Å²) >= 11 is 4.86. The Labute approximate surface area is 70.2 Å². The van der Waals surface area contributed by atoms with Gasteiger partial charge in [0.15, 0.2) is 0 Å². The molecule has 0 aliphatic carbocycles. The topological polar surface area (TPSA) is 25.8 Å². The largest absolute Gasteiger partial charge is 0.263 e. The SMILES string of the molecule is Brc1cncc2cnsc12. The van der Waals surface area contributed by atoms with Crippen molar-refractivity contribution in [3.8, 4) is 0 Å². The van der Waals surface area contributed by atoms with Gasteiger partial charge in [-0.1, -0.05) is 0 Å². The molecule has 2 rings (SSSR count). The van der Waals surface area contributed by atoms with Crippen LogP contribution >= 0.6 is 27.5 Å². The molecule has 0 radical (unpaired) electrons. The second-order valence-electron chi connectivity index (χ2n) is 1.87. The van der Waals surface area contributed by atoms with Gasteiger partial charge in [0.1, 0.15) is 0 Å². The van der Waals surface area contributed by atoms with E-state index >= 15 is 0 Å². The normalized spacial score (nSPS) is 10.5. The van der Waals surface area contributed by atoms with Gasteiger partial charge in [0, 0.05) is 17.8 Å². The first-order valence-corrected chi connectivity index (χ1v) is 4.28. The van der Waals surface area contributed by atoms with Gasteiger partial charge in [-0.15, -0.1) is 0 Å². The molecule has 0 unspecified atom stereocenters. The Kier molecular flexibility index (Phi) is 1.43. The molecule has 2 aromatic heterocycles. The van der Waals surface area contributed by atoms with E-state index in [2.05, 4.69) is 25.3 Å². The molecular formula is C6H3BrN2S. The van der Waals surface area contributed by atoms with Crippen LogP contribution in [0.4, 0.5) is 0 Å². The van der Waals surface area contributed by atoms with Crippen LogP contribution in [0.15, 0.2) is 23.1 Å². The fourth-order valence-electron chi connectivity index (χ4n) is 0.762. The van der Waals surface area contributed by atoms with Crippen LogP contribution in [0, 0.1) is 0 Å². The summed E-state index contributed by atoms with van der Waals surface area (Å²) in [4.78, 5) is 4.00. The molecule has 0 N–H and O–H groups in total. The molecule has 0 bridgehead atoms. The minimum absolute atomic E-state index is 1.02. The third-order valence-corrected chi connectivity index (χ3v) is 2.93. The molecule has 0 amide bonds. The lowest BCUT2D eigenvalue weighted by Crippen LogP contribution is -1.69. The van der Waals surface area contributed by atoms with Crippen molar-refractivity contribution in [3.63, 3.8) is 0 Å². The number of nitrogens with zero attached hydrogens (tertiary/aromatic N) is 2. The summed E-state index contributed by atoms with van der Waals surface area (Å²) in [6, 6.07) is 0. The van der Waals surface area contributed by atoms with Gasteiger partial charge in [0.2, 0.25) is 0 Å². The number of rotatable bonds is 0. The van der Waals surface area contributed by atoms with Crippen LogP contribution in [0.3, 0.4) is 0 Å². The maximum atomic E-state index is 4.03. The second kappa shape index (κ2) is 2.29. The first-order chi connectivity index (χ1) is 4.88. The van der Waals surface area contributed by atoms with Crippen LogP contribution in [-0.4, -0.2) is 9.36 Å². The van der Waals surface area contributed by atoms with E-state index in [-0.39, 0.29) is 0 Å². The van der Waals surface area contributed by atoms with Gasteiger partial charge in [-0.3, -0.25) is 4.98 Å². The molecule has 2 nitrogen and oxygen atoms in total. The first kappa shape index (κ1) is 6.24. The lowest BCUT2D eigenvalue weighted by molar-refractivity contribution is 1.35. The molecule has 0 saturated carbocycles. The minimum Gasteiger partial charge on any atom is -0.263 e. The van der Waals surface area contributed by atoms with Crippen LogP contribution in [0.1, 0.15) is 0 Å². The Morgan fingerprint density at radius 3 is 3.00 bits per heavy atom. The van der Waals surface area contributed by atoms with E-state index in [0.29, 0.717) is 0 Å². The lowest BCUT2D eigenvalue weighted by Gasteiger charge is -1.87. The van der Waals surface area contributed by atoms with Crippen LogP contribution in [-0.2, 0) is 0 Å². The summed E-state index contributed by atoms with van der Waals surface area (Å²) < 4.78 is 6.22. The van der Waals surface area contributed by atoms with Gasteiger partial charge >= 0.3 is 0 Å². The summed E-state index contributed by atoms with van der Waals surface area (Å²) in [5, 5.41) is 1.10. The molecule has 0 spiro atoms. The van der Waals surface area contributed by atoms with E-state index in [1.807, 2.05) is 12.4 Å². The van der Waals surface area contributed by atoms with Crippen LogP contribution < -0.4 is 0 Å². The highest BCUT2D eigenvalue weighted by atomic mass is 79.9. The maximum Gasteiger partial charge on any atom is 0.0723 e. The Morgan fingerprint density at radius 1 is 1.30 bits per heavy atom. The molecule has 10 heavy (non-hydrogen) atoms. The zero-order chi connectivity index (χ0) is 6.97. The molecule has 0 aromatic carbocycles. The number of hydrogen-bond donors (Lipinski definition) is 0. The molecule has 2 aromatic rings. The molecule has 0 aliphatic rings. The van der Waals surface area contributed by atoms with Crippen LogP contribution in [0.5, 0.6) is 0 Å². The summed E-state index contributed by atoms with van der Waals surface area (Å²) in [5.41, 5.74) is 0. The van der Waals surface area contributed by atoms with Crippen molar-refractivity contribution in [1.29, 1.82) is 0 Å². The summed E-state index contributed by atoms with van der Waals surface area (Å²) in [5.74, 6) is 0. The number of hydrogen-bond acceptors (Lipinski definition) is 3. The predicted octanol–water partition coefficient (Wildman–Crippen LogP) is 2.45. The van der Waals surface area contributed by atoms with Gasteiger partial charge in [-0.25, -0.2) is 0 Å². The first-order valence-electron chi connectivity index (χ1n) is 2.72. The summed E-state index contributed by atoms with van der Waals surface area (Å²) in [6.45, 7) is 0. The van der Waals surface area contributed by atoms with Gasteiger partial charge in [-0.2, -0.15) is 4.37 Å². The quantitative estimate of drug-likeness (QED) is 0.674. The van der Waals surface area contributed by atoms with E-state index in [1.54, 1.807) is 6.20 Å². The maximum absolute atomic E-state index is 4.03. The standard InChI is InChI=1S/C6H3BrN2S/c7-5-3-8-1-4-2-9-10-6(4)5/h1-3H. The Bertz CT molecular complexity index is 357. The van der Waals surface area contributed by atoms with E-state index in [9.17, 15) is 0 Å². The Hall–Kier alpha value is -0.480. The monoisotopic (exact) mass is 214 g/mol. The number of fused-ring (bicyclic) bond motifs is 1. The van der Waals surface area contributed by atoms with E-state index < -0.39 is 0 Å². The molecular weight excluding hydrogens is 212 g/mol. The zero-order valence-electron chi connectivity index (χ0n) is 4.91. The number of aromatic nitrogens is 2. The molecule has 0 saturated heterocycles. The highest BCUT2D eigenvalue weighted by Gasteiger charge is 1.98. The molecule has 0 aliphatic heterocycles. The van der Waals surface area contributed by atoms with Crippen molar-refractivity contribution >= 4 is 37.5 Å². The molecule has 0 atom stereocenters. The van der Waals surface area contributed by atoms with Crippen molar-refractivity contribution < 1.29 is 0 Å². The predicted molar refractivity (Wildman–Crippen MR) is 45.1 cm³/mol. The highest BCUT2D eigenvalue weighted by molar-refractivity contribution is 9.10. The summed E-state index contributed by atoms with van der Waals surface area (Å²) in [7, 11) is 0. The third-order valence-electron chi connectivity index (χ3n) is 1.22. The summed E-state index contributed by atoms with van der Waals surface area (Å²) in [6.07, 6.45) is 5.40. The Balaban J connectivity index is 2.95. The fourth-order valence-corrected chi connectivity index (χ4v) is 1.95. The van der Waals surface area contributed by atoms with Gasteiger partial charge in [0.05, 0.1) is 15.4 Å². The van der Waals surface area contributed by atoms with Crippen molar-refractivity contribution in [2.75, 3.05) is 0 Å². The lowest BCUT2D eigenvalue weighted by atomic mass is 10.4. The molecule has 0 fully saturated rings. The average Bonchev–Trinajstić information content (AvgIpc) is 2.36. The van der Waals surface area contributed by atoms with Gasteiger partial charge in [-0.05, 0) is 27.5 Å². The second-order valence-corrected chi connectivity index (χ2v) is 3.52. The van der Waals surface area contributed by atoms with Crippen molar-refractivity contribution in [2.24, 2.45) is 0 Å². The number of halogens is 1. The van der Waals surface area contributed by atoms with Crippen molar-refractivity contribution in [1.82, 2.24) is 9.36 Å². The molecule has 50 valence electrons. The van der Waals surface area contributed by atoms with E-state index in [1.165, 1.54) is 11.5 Å². The zero-order valence-corrected chi connectivity index (χ0v) is 7.32. The number of pyridine rings is 1. The van der Waals surface area contributed by atoms with Crippen LogP contribution in [0.25, 0.3) is 10.1 Å². The third kappa shape index (κ3) is 0.839. The molecule has 4 heteroatoms. The Morgan fingerprint density at radius 2 is 2.20 bits per heavy atom.